The minimum atomic E-state index is 0.285. The van der Waals surface area contributed by atoms with Crippen LogP contribution in [-0.4, -0.2) is 40.8 Å². The number of aryl methyl sites for hydroxylation is 1. The highest BCUT2D eigenvalue weighted by Gasteiger charge is 2.17. The van der Waals surface area contributed by atoms with Crippen LogP contribution in [0.4, 0.5) is 5.69 Å². The molecule has 2 aromatic rings. The smallest absolute Gasteiger partial charge is 0.113 e. The van der Waals surface area contributed by atoms with Crippen molar-refractivity contribution in [3.63, 3.8) is 0 Å². The molecule has 5 heteroatoms. The summed E-state index contributed by atoms with van der Waals surface area (Å²) < 4.78 is 7.71. The summed E-state index contributed by atoms with van der Waals surface area (Å²) >= 11 is 0. The number of hydrogen-bond acceptors (Lipinski definition) is 4. The van der Waals surface area contributed by atoms with E-state index in [2.05, 4.69) is 40.3 Å². The van der Waals surface area contributed by atoms with E-state index in [0.717, 1.165) is 25.3 Å². The predicted octanol–water partition coefficient (Wildman–Crippen LogP) is 3.03. The van der Waals surface area contributed by atoms with Gasteiger partial charge < -0.3 is 9.64 Å². The Labute approximate surface area is 137 Å². The molecule has 1 aromatic heterocycles. The summed E-state index contributed by atoms with van der Waals surface area (Å²) in [4.78, 5) is 2.41. The van der Waals surface area contributed by atoms with Gasteiger partial charge in [-0.2, -0.15) is 0 Å². The minimum Gasteiger partial charge on any atom is -0.376 e. The molecule has 2 fully saturated rings. The zero-order valence-electron chi connectivity index (χ0n) is 13.7. The molecule has 0 N–H and O–H groups in total. The maximum absolute atomic E-state index is 5.79. The molecule has 0 spiro atoms. The Morgan fingerprint density at radius 1 is 1.22 bits per heavy atom. The van der Waals surface area contributed by atoms with E-state index in [9.17, 15) is 0 Å². The predicted molar refractivity (Wildman–Crippen MR) is 90.6 cm³/mol. The Balaban J connectivity index is 1.49. The summed E-state index contributed by atoms with van der Waals surface area (Å²) in [6.07, 6.45) is 7.19. The van der Waals surface area contributed by atoms with E-state index in [4.69, 9.17) is 4.74 Å². The molecule has 0 bridgehead atoms. The number of nitrogens with zero attached hydrogens (tertiary/aromatic N) is 4. The number of anilines is 1. The molecule has 122 valence electrons. The van der Waals surface area contributed by atoms with Crippen molar-refractivity contribution in [1.29, 1.82) is 0 Å². The van der Waals surface area contributed by atoms with Crippen LogP contribution in [0.1, 0.15) is 31.2 Å². The lowest BCUT2D eigenvalue weighted by Gasteiger charge is -2.33. The van der Waals surface area contributed by atoms with Gasteiger partial charge in [0.05, 0.1) is 18.8 Å². The molecule has 0 radical (unpaired) electrons. The second-order valence-corrected chi connectivity index (χ2v) is 6.65. The van der Waals surface area contributed by atoms with E-state index in [1.807, 2.05) is 10.9 Å². The molecule has 1 aromatic carbocycles. The van der Waals surface area contributed by atoms with Crippen molar-refractivity contribution in [3.05, 3.63) is 30.0 Å². The molecule has 1 atom stereocenters. The second kappa shape index (κ2) is 6.32. The largest absolute Gasteiger partial charge is 0.376 e. The van der Waals surface area contributed by atoms with E-state index in [1.165, 1.54) is 49.2 Å². The molecular formula is C18H24N4O. The fraction of sp³-hybridized carbons (Fsp3) is 0.556. The van der Waals surface area contributed by atoms with Crippen molar-refractivity contribution in [1.82, 2.24) is 15.0 Å². The van der Waals surface area contributed by atoms with Gasteiger partial charge in [-0.1, -0.05) is 11.3 Å². The summed E-state index contributed by atoms with van der Waals surface area (Å²) in [6, 6.07) is 6.64. The molecule has 5 nitrogen and oxygen atoms in total. The van der Waals surface area contributed by atoms with Gasteiger partial charge in [0, 0.05) is 30.9 Å². The molecule has 0 amide bonds. The van der Waals surface area contributed by atoms with Crippen molar-refractivity contribution in [2.45, 2.75) is 45.3 Å². The van der Waals surface area contributed by atoms with Crippen LogP contribution in [-0.2, 0) is 11.3 Å². The third kappa shape index (κ3) is 3.11. The van der Waals surface area contributed by atoms with Crippen LogP contribution >= 0.6 is 0 Å². The standard InChI is InChI=1S/C18H24N4O/c1-14-11-15(21-8-4-9-21)6-7-17(14)18-13-22(20-19-18)12-16-5-2-3-10-23-16/h6-7,11,13,16H,2-5,8-10,12H2,1H3. The lowest BCUT2D eigenvalue weighted by atomic mass is 10.0. The van der Waals surface area contributed by atoms with Crippen molar-refractivity contribution < 1.29 is 4.74 Å². The summed E-state index contributed by atoms with van der Waals surface area (Å²) in [5, 5.41) is 8.65. The Bertz CT molecular complexity index is 671. The fourth-order valence-corrected chi connectivity index (χ4v) is 3.38. The first-order valence-corrected chi connectivity index (χ1v) is 8.67. The molecule has 1 unspecified atom stereocenters. The van der Waals surface area contributed by atoms with Crippen LogP contribution in [0.2, 0.25) is 0 Å². The molecule has 3 heterocycles. The minimum absolute atomic E-state index is 0.285. The van der Waals surface area contributed by atoms with E-state index < -0.39 is 0 Å². The molecule has 0 saturated carbocycles. The van der Waals surface area contributed by atoms with Crippen LogP contribution in [0.25, 0.3) is 11.3 Å². The molecule has 2 saturated heterocycles. The van der Waals surface area contributed by atoms with Gasteiger partial charge in [0.2, 0.25) is 0 Å². The number of ether oxygens (including phenoxy) is 1. The Morgan fingerprint density at radius 2 is 2.13 bits per heavy atom. The molecule has 0 aliphatic carbocycles. The maximum Gasteiger partial charge on any atom is 0.113 e. The zero-order chi connectivity index (χ0) is 15.6. The average Bonchev–Trinajstić information content (AvgIpc) is 2.95. The highest BCUT2D eigenvalue weighted by molar-refractivity contribution is 5.67. The van der Waals surface area contributed by atoms with Crippen molar-refractivity contribution in [3.8, 4) is 11.3 Å². The quantitative estimate of drug-likeness (QED) is 0.870. The molecule has 2 aliphatic heterocycles. The summed E-state index contributed by atoms with van der Waals surface area (Å²) in [5.41, 5.74) is 4.70. The summed E-state index contributed by atoms with van der Waals surface area (Å²) in [5.74, 6) is 0. The van der Waals surface area contributed by atoms with Gasteiger partial charge in [0.15, 0.2) is 0 Å². The van der Waals surface area contributed by atoms with Crippen LogP contribution in [0.3, 0.4) is 0 Å². The Morgan fingerprint density at radius 3 is 2.83 bits per heavy atom. The third-order valence-electron chi connectivity index (χ3n) is 4.91. The van der Waals surface area contributed by atoms with Gasteiger partial charge in [-0.3, -0.25) is 0 Å². The number of benzene rings is 1. The van der Waals surface area contributed by atoms with E-state index in [1.54, 1.807) is 0 Å². The molecule has 23 heavy (non-hydrogen) atoms. The van der Waals surface area contributed by atoms with E-state index >= 15 is 0 Å². The van der Waals surface area contributed by atoms with Crippen LogP contribution in [0.15, 0.2) is 24.4 Å². The van der Waals surface area contributed by atoms with E-state index in [-0.39, 0.29) is 6.10 Å². The lowest BCUT2D eigenvalue weighted by Crippen LogP contribution is -2.36. The van der Waals surface area contributed by atoms with Crippen LogP contribution < -0.4 is 4.90 Å². The van der Waals surface area contributed by atoms with E-state index in [0.29, 0.717) is 0 Å². The van der Waals surface area contributed by atoms with Gasteiger partial charge >= 0.3 is 0 Å². The Kier molecular flexibility index (Phi) is 4.04. The second-order valence-electron chi connectivity index (χ2n) is 6.65. The highest BCUT2D eigenvalue weighted by Crippen LogP contribution is 2.28. The zero-order valence-corrected chi connectivity index (χ0v) is 13.7. The van der Waals surface area contributed by atoms with Crippen molar-refractivity contribution in [2.75, 3.05) is 24.6 Å². The molecule has 2 aliphatic rings. The number of rotatable bonds is 4. The normalized spacial score (nSPS) is 21.3. The van der Waals surface area contributed by atoms with Gasteiger partial charge in [-0.15, -0.1) is 5.10 Å². The van der Waals surface area contributed by atoms with Crippen LogP contribution in [0.5, 0.6) is 0 Å². The van der Waals surface area contributed by atoms with Crippen molar-refractivity contribution >= 4 is 5.69 Å². The molecular weight excluding hydrogens is 288 g/mol. The number of hydrogen-bond donors (Lipinski definition) is 0. The maximum atomic E-state index is 5.79. The highest BCUT2D eigenvalue weighted by atomic mass is 16.5. The monoisotopic (exact) mass is 312 g/mol. The van der Waals surface area contributed by atoms with Gasteiger partial charge in [-0.25, -0.2) is 4.68 Å². The first kappa shape index (κ1) is 14.7. The molecule has 4 rings (SSSR count). The first-order valence-electron chi connectivity index (χ1n) is 8.67. The summed E-state index contributed by atoms with van der Waals surface area (Å²) in [6.45, 7) is 6.19. The van der Waals surface area contributed by atoms with Gasteiger partial charge in [0.1, 0.15) is 5.69 Å². The topological polar surface area (TPSA) is 43.2 Å². The third-order valence-corrected chi connectivity index (χ3v) is 4.91. The SMILES string of the molecule is Cc1cc(N2CCC2)ccc1-c1cn(CC2CCCCO2)nn1. The van der Waals surface area contributed by atoms with Crippen LogP contribution in [0, 0.1) is 6.92 Å². The number of aromatic nitrogens is 3. The first-order chi connectivity index (χ1) is 11.3. The van der Waals surface area contributed by atoms with Crippen molar-refractivity contribution in [2.24, 2.45) is 0 Å². The average molecular weight is 312 g/mol. The fourth-order valence-electron chi connectivity index (χ4n) is 3.38. The van der Waals surface area contributed by atoms with Gasteiger partial charge in [-0.05, 0) is 50.3 Å². The Hall–Kier alpha value is -1.88. The summed E-state index contributed by atoms with van der Waals surface area (Å²) in [7, 11) is 0. The van der Waals surface area contributed by atoms with Gasteiger partial charge in [0.25, 0.3) is 0 Å². The lowest BCUT2D eigenvalue weighted by molar-refractivity contribution is 0.00370.